The van der Waals surface area contributed by atoms with Crippen LogP contribution in [0.2, 0.25) is 4.34 Å². The zero-order valence-electron chi connectivity index (χ0n) is 11.0. The fourth-order valence-electron chi connectivity index (χ4n) is 1.69. The second-order valence-corrected chi connectivity index (χ2v) is 6.99. The monoisotopic (exact) mass is 288 g/mol. The van der Waals surface area contributed by atoms with Gasteiger partial charge in [0.1, 0.15) is 0 Å². The molecule has 0 aliphatic carbocycles. The first kappa shape index (κ1) is 15.5. The summed E-state index contributed by atoms with van der Waals surface area (Å²) in [6.07, 6.45) is 2.36. The summed E-state index contributed by atoms with van der Waals surface area (Å²) in [6, 6.07) is 3.78. The lowest BCUT2D eigenvalue weighted by atomic mass is 9.84. The van der Waals surface area contributed by atoms with Crippen LogP contribution in [0.3, 0.4) is 0 Å². The summed E-state index contributed by atoms with van der Waals surface area (Å²) in [4.78, 5) is 12.8. The Morgan fingerprint density at radius 1 is 1.44 bits per heavy atom. The standard InChI is InChI=1S/C13H21ClN2OS/c1-13(2,7-8-15)6-5-12(17)16-9-10-3-4-11(14)18-10/h3-4H,5-9,15H2,1-2H3,(H,16,17). The SMILES string of the molecule is CC(C)(CCN)CCC(=O)NCc1ccc(Cl)s1. The van der Waals surface area contributed by atoms with E-state index in [1.54, 1.807) is 0 Å². The molecule has 0 bridgehead atoms. The van der Waals surface area contributed by atoms with Crippen LogP contribution < -0.4 is 11.1 Å². The maximum Gasteiger partial charge on any atom is 0.220 e. The summed E-state index contributed by atoms with van der Waals surface area (Å²) in [6.45, 7) is 5.52. The summed E-state index contributed by atoms with van der Waals surface area (Å²) in [5.74, 6) is 0.0876. The van der Waals surface area contributed by atoms with Gasteiger partial charge in [-0.1, -0.05) is 25.4 Å². The maximum absolute atomic E-state index is 11.7. The number of rotatable bonds is 7. The van der Waals surface area contributed by atoms with Crippen LogP contribution in [-0.4, -0.2) is 12.5 Å². The quantitative estimate of drug-likeness (QED) is 0.810. The van der Waals surface area contributed by atoms with E-state index in [1.165, 1.54) is 11.3 Å². The normalized spacial score (nSPS) is 11.6. The fourth-order valence-corrected chi connectivity index (χ4v) is 2.72. The Hall–Kier alpha value is -0.580. The van der Waals surface area contributed by atoms with Gasteiger partial charge in [-0.15, -0.1) is 11.3 Å². The van der Waals surface area contributed by atoms with Crippen LogP contribution in [-0.2, 0) is 11.3 Å². The van der Waals surface area contributed by atoms with Gasteiger partial charge in [-0.3, -0.25) is 4.79 Å². The topological polar surface area (TPSA) is 55.1 Å². The second-order valence-electron chi connectivity index (χ2n) is 5.19. The van der Waals surface area contributed by atoms with Crippen LogP contribution in [0.5, 0.6) is 0 Å². The van der Waals surface area contributed by atoms with Gasteiger partial charge < -0.3 is 11.1 Å². The van der Waals surface area contributed by atoms with Gasteiger partial charge in [-0.05, 0) is 36.9 Å². The van der Waals surface area contributed by atoms with E-state index in [2.05, 4.69) is 19.2 Å². The molecule has 0 saturated heterocycles. The number of hydrogen-bond acceptors (Lipinski definition) is 3. The molecule has 0 aliphatic heterocycles. The van der Waals surface area contributed by atoms with Crippen LogP contribution in [0.25, 0.3) is 0 Å². The van der Waals surface area contributed by atoms with Gasteiger partial charge in [0, 0.05) is 11.3 Å². The molecule has 1 rings (SSSR count). The summed E-state index contributed by atoms with van der Waals surface area (Å²) < 4.78 is 0.753. The van der Waals surface area contributed by atoms with E-state index in [4.69, 9.17) is 17.3 Å². The number of halogens is 1. The van der Waals surface area contributed by atoms with Gasteiger partial charge in [0.25, 0.3) is 0 Å². The average Bonchev–Trinajstić information content (AvgIpc) is 2.70. The number of carbonyl (C=O) groups is 1. The van der Waals surface area contributed by atoms with Crippen molar-refractivity contribution in [2.45, 2.75) is 39.7 Å². The second kappa shape index (κ2) is 7.12. The zero-order valence-corrected chi connectivity index (χ0v) is 12.5. The molecule has 0 aliphatic rings. The van der Waals surface area contributed by atoms with Crippen molar-refractivity contribution >= 4 is 28.8 Å². The number of hydrogen-bond donors (Lipinski definition) is 2. The lowest BCUT2D eigenvalue weighted by Gasteiger charge is -2.23. The number of nitrogens with two attached hydrogens (primary N) is 1. The smallest absolute Gasteiger partial charge is 0.220 e. The Labute approximate surface area is 118 Å². The summed E-state index contributed by atoms with van der Waals surface area (Å²) in [5, 5.41) is 2.91. The van der Waals surface area contributed by atoms with Gasteiger partial charge in [0.15, 0.2) is 0 Å². The number of nitrogens with one attached hydrogen (secondary N) is 1. The summed E-state index contributed by atoms with van der Waals surface area (Å²) in [7, 11) is 0. The Kier molecular flexibility index (Phi) is 6.12. The molecule has 1 heterocycles. The molecule has 0 fully saturated rings. The van der Waals surface area contributed by atoms with E-state index in [0.717, 1.165) is 22.1 Å². The van der Waals surface area contributed by atoms with Crippen molar-refractivity contribution in [3.8, 4) is 0 Å². The zero-order chi connectivity index (χ0) is 13.6. The number of thiophene rings is 1. The van der Waals surface area contributed by atoms with Crippen LogP contribution >= 0.6 is 22.9 Å². The van der Waals surface area contributed by atoms with Gasteiger partial charge in [-0.25, -0.2) is 0 Å². The highest BCUT2D eigenvalue weighted by molar-refractivity contribution is 7.16. The molecule has 1 amide bonds. The van der Waals surface area contributed by atoms with Crippen molar-refractivity contribution in [1.29, 1.82) is 0 Å². The third-order valence-electron chi connectivity index (χ3n) is 2.94. The Balaban J connectivity index is 2.26. The molecule has 3 nitrogen and oxygen atoms in total. The molecular formula is C13H21ClN2OS. The van der Waals surface area contributed by atoms with Gasteiger partial charge in [0.05, 0.1) is 10.9 Å². The third-order valence-corrected chi connectivity index (χ3v) is 4.17. The van der Waals surface area contributed by atoms with Crippen molar-refractivity contribution in [2.75, 3.05) is 6.54 Å². The molecule has 18 heavy (non-hydrogen) atoms. The molecule has 1 aromatic rings. The van der Waals surface area contributed by atoms with Crippen molar-refractivity contribution in [2.24, 2.45) is 11.1 Å². The minimum Gasteiger partial charge on any atom is -0.351 e. The lowest BCUT2D eigenvalue weighted by molar-refractivity contribution is -0.121. The number of amides is 1. The fraction of sp³-hybridized carbons (Fsp3) is 0.615. The van der Waals surface area contributed by atoms with E-state index in [-0.39, 0.29) is 11.3 Å². The highest BCUT2D eigenvalue weighted by Crippen LogP contribution is 2.26. The van der Waals surface area contributed by atoms with Gasteiger partial charge in [-0.2, -0.15) is 0 Å². The van der Waals surface area contributed by atoms with Gasteiger partial charge in [0.2, 0.25) is 5.91 Å². The minimum atomic E-state index is 0.0876. The maximum atomic E-state index is 11.7. The highest BCUT2D eigenvalue weighted by Gasteiger charge is 2.18. The van der Waals surface area contributed by atoms with Crippen LogP contribution in [0.1, 0.15) is 38.0 Å². The molecule has 102 valence electrons. The first-order chi connectivity index (χ1) is 8.43. The van der Waals surface area contributed by atoms with Gasteiger partial charge >= 0.3 is 0 Å². The van der Waals surface area contributed by atoms with Crippen LogP contribution in [0.4, 0.5) is 0 Å². The summed E-state index contributed by atoms with van der Waals surface area (Å²) in [5.41, 5.74) is 5.68. The van der Waals surface area contributed by atoms with Crippen molar-refractivity contribution in [3.05, 3.63) is 21.3 Å². The molecule has 0 unspecified atom stereocenters. The molecule has 0 radical (unpaired) electrons. The number of carbonyl (C=O) groups excluding carboxylic acids is 1. The average molecular weight is 289 g/mol. The summed E-state index contributed by atoms with van der Waals surface area (Å²) >= 11 is 7.32. The van der Waals surface area contributed by atoms with Crippen LogP contribution in [0, 0.1) is 5.41 Å². The molecule has 5 heteroatoms. The van der Waals surface area contributed by atoms with Crippen LogP contribution in [0.15, 0.2) is 12.1 Å². The Morgan fingerprint density at radius 2 is 2.17 bits per heavy atom. The first-order valence-electron chi connectivity index (χ1n) is 6.14. The molecule has 0 atom stereocenters. The predicted molar refractivity (Wildman–Crippen MR) is 77.9 cm³/mol. The van der Waals surface area contributed by atoms with Crippen molar-refractivity contribution in [1.82, 2.24) is 5.32 Å². The van der Waals surface area contributed by atoms with E-state index >= 15 is 0 Å². The van der Waals surface area contributed by atoms with E-state index in [9.17, 15) is 4.79 Å². The molecule has 3 N–H and O–H groups in total. The molecule has 1 aromatic heterocycles. The van der Waals surface area contributed by atoms with E-state index < -0.39 is 0 Å². The predicted octanol–water partition coefficient (Wildman–Crippen LogP) is 3.17. The molecular weight excluding hydrogens is 268 g/mol. The van der Waals surface area contributed by atoms with E-state index in [0.29, 0.717) is 19.5 Å². The first-order valence-corrected chi connectivity index (χ1v) is 7.33. The Morgan fingerprint density at radius 3 is 2.72 bits per heavy atom. The van der Waals surface area contributed by atoms with E-state index in [1.807, 2.05) is 12.1 Å². The highest BCUT2D eigenvalue weighted by atomic mass is 35.5. The Bertz CT molecular complexity index is 390. The largest absolute Gasteiger partial charge is 0.351 e. The van der Waals surface area contributed by atoms with Crippen molar-refractivity contribution in [3.63, 3.8) is 0 Å². The third kappa shape index (κ3) is 5.85. The molecule has 0 aromatic carbocycles. The lowest BCUT2D eigenvalue weighted by Crippen LogP contribution is -2.25. The molecule has 0 saturated carbocycles. The minimum absolute atomic E-state index is 0.0876. The van der Waals surface area contributed by atoms with Crippen molar-refractivity contribution < 1.29 is 4.79 Å². The molecule has 0 spiro atoms.